The van der Waals surface area contributed by atoms with Crippen LogP contribution >= 0.6 is 0 Å². The third-order valence-electron chi connectivity index (χ3n) is 1.03. The minimum atomic E-state index is -0.692. The summed E-state index contributed by atoms with van der Waals surface area (Å²) in [7, 11) is -0.692. The van der Waals surface area contributed by atoms with Crippen LogP contribution in [0.25, 0.3) is 0 Å². The van der Waals surface area contributed by atoms with E-state index in [1.807, 2.05) is 13.8 Å². The van der Waals surface area contributed by atoms with Crippen molar-refractivity contribution in [2.75, 3.05) is 12.0 Å². The highest BCUT2D eigenvalue weighted by Crippen LogP contribution is 2.02. The Morgan fingerprint density at radius 3 is 2.11 bits per heavy atom. The van der Waals surface area contributed by atoms with Crippen LogP contribution in [0.3, 0.4) is 0 Å². The highest BCUT2D eigenvalue weighted by molar-refractivity contribution is 7.84. The van der Waals surface area contributed by atoms with Crippen molar-refractivity contribution in [1.82, 2.24) is 0 Å². The van der Waals surface area contributed by atoms with Crippen LogP contribution in [0.2, 0.25) is 0 Å². The summed E-state index contributed by atoms with van der Waals surface area (Å²) in [6.45, 7) is 3.89. The first-order valence-electron chi connectivity index (χ1n) is 3.01. The van der Waals surface area contributed by atoms with E-state index < -0.39 is 10.8 Å². The molecule has 0 heterocycles. The molecule has 2 N–H and O–H groups in total. The Morgan fingerprint density at radius 2 is 2.00 bits per heavy atom. The van der Waals surface area contributed by atoms with Gasteiger partial charge in [0.25, 0.3) is 0 Å². The van der Waals surface area contributed by atoms with Gasteiger partial charge in [0.1, 0.15) is 0 Å². The van der Waals surface area contributed by atoms with Crippen molar-refractivity contribution in [2.45, 2.75) is 25.8 Å². The maximum atomic E-state index is 10.5. The molecule has 0 saturated carbocycles. The standard InChI is InChI=1S/C6H15NOS/c1-6(2,7)4-5-9(3)8/h4-5,7H2,1-3H3. The van der Waals surface area contributed by atoms with Gasteiger partial charge in [0.15, 0.2) is 0 Å². The summed E-state index contributed by atoms with van der Waals surface area (Å²) in [5, 5.41) is 0. The van der Waals surface area contributed by atoms with E-state index in [1.165, 1.54) is 0 Å². The molecule has 0 amide bonds. The molecule has 3 heteroatoms. The Kier molecular flexibility index (Phi) is 3.36. The molecule has 0 aromatic heterocycles. The van der Waals surface area contributed by atoms with Gasteiger partial charge in [-0.2, -0.15) is 0 Å². The van der Waals surface area contributed by atoms with E-state index in [2.05, 4.69) is 0 Å². The molecule has 0 aliphatic carbocycles. The largest absolute Gasteiger partial charge is 0.326 e. The molecule has 0 radical (unpaired) electrons. The molecule has 0 aromatic carbocycles. The SMILES string of the molecule is CS(=O)CCC(C)(C)N. The zero-order valence-electron chi connectivity index (χ0n) is 6.31. The average molecular weight is 149 g/mol. The summed E-state index contributed by atoms with van der Waals surface area (Å²) in [6.07, 6.45) is 2.53. The fourth-order valence-electron chi connectivity index (χ4n) is 0.407. The van der Waals surface area contributed by atoms with Gasteiger partial charge < -0.3 is 5.73 Å². The van der Waals surface area contributed by atoms with Crippen molar-refractivity contribution in [1.29, 1.82) is 0 Å². The van der Waals surface area contributed by atoms with Crippen molar-refractivity contribution >= 4 is 10.8 Å². The minimum Gasteiger partial charge on any atom is -0.326 e. The Hall–Kier alpha value is 0.110. The Bertz CT molecular complexity index is 106. The van der Waals surface area contributed by atoms with Crippen LogP contribution in [-0.2, 0) is 10.8 Å². The van der Waals surface area contributed by atoms with Crippen LogP contribution < -0.4 is 5.73 Å². The lowest BCUT2D eigenvalue weighted by atomic mass is 10.0. The molecule has 2 nitrogen and oxygen atoms in total. The first-order valence-corrected chi connectivity index (χ1v) is 4.73. The summed E-state index contributed by atoms with van der Waals surface area (Å²) < 4.78 is 10.5. The third kappa shape index (κ3) is 8.11. The Balaban J connectivity index is 3.39. The smallest absolute Gasteiger partial charge is 0.0249 e. The van der Waals surface area contributed by atoms with E-state index >= 15 is 0 Å². The number of hydrogen-bond acceptors (Lipinski definition) is 2. The van der Waals surface area contributed by atoms with Crippen LogP contribution in [0.15, 0.2) is 0 Å². The zero-order chi connectivity index (χ0) is 7.49. The summed E-state index contributed by atoms with van der Waals surface area (Å²) in [6, 6.07) is 0. The van der Waals surface area contributed by atoms with Crippen molar-refractivity contribution in [3.8, 4) is 0 Å². The second-order valence-electron chi connectivity index (χ2n) is 3.02. The Morgan fingerprint density at radius 1 is 1.56 bits per heavy atom. The van der Waals surface area contributed by atoms with Gasteiger partial charge >= 0.3 is 0 Å². The molecule has 9 heavy (non-hydrogen) atoms. The lowest BCUT2D eigenvalue weighted by Gasteiger charge is -2.16. The van der Waals surface area contributed by atoms with E-state index in [-0.39, 0.29) is 5.54 Å². The van der Waals surface area contributed by atoms with Crippen molar-refractivity contribution in [3.05, 3.63) is 0 Å². The van der Waals surface area contributed by atoms with Crippen molar-refractivity contribution in [3.63, 3.8) is 0 Å². The number of nitrogens with two attached hydrogens (primary N) is 1. The molecule has 1 unspecified atom stereocenters. The van der Waals surface area contributed by atoms with Crippen LogP contribution in [0.4, 0.5) is 0 Å². The molecular formula is C6H15NOS. The van der Waals surface area contributed by atoms with E-state index in [0.29, 0.717) is 5.75 Å². The Labute approximate surface area is 59.3 Å². The van der Waals surface area contributed by atoms with Gasteiger partial charge in [-0.1, -0.05) is 0 Å². The number of rotatable bonds is 3. The van der Waals surface area contributed by atoms with Gasteiger partial charge in [-0.05, 0) is 20.3 Å². The van der Waals surface area contributed by atoms with Crippen LogP contribution in [0.1, 0.15) is 20.3 Å². The van der Waals surface area contributed by atoms with Gasteiger partial charge in [0.2, 0.25) is 0 Å². The quantitative estimate of drug-likeness (QED) is 0.634. The van der Waals surface area contributed by atoms with Gasteiger partial charge in [-0.25, -0.2) is 0 Å². The van der Waals surface area contributed by atoms with E-state index in [9.17, 15) is 4.21 Å². The zero-order valence-corrected chi connectivity index (χ0v) is 7.12. The average Bonchev–Trinajstić information content (AvgIpc) is 1.59. The minimum absolute atomic E-state index is 0.161. The molecule has 1 atom stereocenters. The molecule has 0 aliphatic heterocycles. The first kappa shape index (κ1) is 9.11. The molecule has 0 saturated heterocycles. The van der Waals surface area contributed by atoms with Gasteiger partial charge in [0, 0.05) is 28.3 Å². The predicted octanol–water partition coefficient (Wildman–Crippen LogP) is 0.492. The summed E-state index contributed by atoms with van der Waals surface area (Å²) in [4.78, 5) is 0. The van der Waals surface area contributed by atoms with Crippen LogP contribution in [0, 0.1) is 0 Å². The molecule has 0 aliphatic rings. The highest BCUT2D eigenvalue weighted by atomic mass is 32.2. The van der Waals surface area contributed by atoms with Crippen LogP contribution in [-0.4, -0.2) is 21.8 Å². The topological polar surface area (TPSA) is 43.1 Å². The molecular weight excluding hydrogens is 134 g/mol. The van der Waals surface area contributed by atoms with Gasteiger partial charge in [-0.3, -0.25) is 4.21 Å². The van der Waals surface area contributed by atoms with Crippen molar-refractivity contribution < 1.29 is 4.21 Å². The summed E-state index contributed by atoms with van der Waals surface area (Å²) in [5.74, 6) is 0.712. The fraction of sp³-hybridized carbons (Fsp3) is 1.00. The molecule has 0 bridgehead atoms. The third-order valence-corrected chi connectivity index (χ3v) is 1.81. The monoisotopic (exact) mass is 149 g/mol. The predicted molar refractivity (Wildman–Crippen MR) is 41.8 cm³/mol. The highest BCUT2D eigenvalue weighted by Gasteiger charge is 2.09. The summed E-state index contributed by atoms with van der Waals surface area (Å²) >= 11 is 0. The van der Waals surface area contributed by atoms with Gasteiger partial charge in [0.05, 0.1) is 0 Å². The molecule has 0 aromatic rings. The second-order valence-corrected chi connectivity index (χ2v) is 4.57. The maximum Gasteiger partial charge on any atom is 0.0249 e. The normalized spacial score (nSPS) is 15.6. The second kappa shape index (κ2) is 3.32. The van der Waals surface area contributed by atoms with E-state index in [4.69, 9.17) is 5.73 Å². The van der Waals surface area contributed by atoms with Crippen LogP contribution in [0.5, 0.6) is 0 Å². The maximum absolute atomic E-state index is 10.5. The lowest BCUT2D eigenvalue weighted by Crippen LogP contribution is -2.33. The summed E-state index contributed by atoms with van der Waals surface area (Å²) in [5.41, 5.74) is 5.49. The lowest BCUT2D eigenvalue weighted by molar-refractivity contribution is 0.503. The van der Waals surface area contributed by atoms with Gasteiger partial charge in [-0.15, -0.1) is 0 Å². The molecule has 0 rings (SSSR count). The van der Waals surface area contributed by atoms with E-state index in [0.717, 1.165) is 6.42 Å². The molecule has 56 valence electrons. The number of hydrogen-bond donors (Lipinski definition) is 1. The fourth-order valence-corrected chi connectivity index (χ4v) is 1.22. The van der Waals surface area contributed by atoms with Crippen molar-refractivity contribution in [2.24, 2.45) is 5.73 Å². The molecule has 0 fully saturated rings. The first-order chi connectivity index (χ1) is 3.92. The van der Waals surface area contributed by atoms with E-state index in [1.54, 1.807) is 6.26 Å². The molecule has 0 spiro atoms.